The molecule has 1 aromatic carbocycles. The molecule has 1 rings (SSSR count). The first-order valence-corrected chi connectivity index (χ1v) is 6.61. The molecule has 2 nitrogen and oxygen atoms in total. The summed E-state index contributed by atoms with van der Waals surface area (Å²) in [6.07, 6.45) is -0.214. The average Bonchev–Trinajstić information content (AvgIpc) is 2.21. The Morgan fingerprint density at radius 1 is 1.35 bits per heavy atom. The van der Waals surface area contributed by atoms with Gasteiger partial charge in [0.15, 0.2) is 0 Å². The van der Waals surface area contributed by atoms with Crippen LogP contribution in [0.5, 0.6) is 0 Å². The van der Waals surface area contributed by atoms with Gasteiger partial charge >= 0.3 is 0 Å². The molecule has 0 aliphatic carbocycles. The van der Waals surface area contributed by atoms with Crippen LogP contribution in [0.1, 0.15) is 19.4 Å². The SMILES string of the molecule is CC(C)CNCC(O)Cc1ccc(Br)cc1F. The Kier molecular flexibility index (Phi) is 6.09. The maximum Gasteiger partial charge on any atom is 0.127 e. The Morgan fingerprint density at radius 3 is 2.65 bits per heavy atom. The molecule has 1 atom stereocenters. The Labute approximate surface area is 110 Å². The summed E-state index contributed by atoms with van der Waals surface area (Å²) in [5.41, 5.74) is 0.548. The molecule has 0 heterocycles. The summed E-state index contributed by atoms with van der Waals surface area (Å²) in [7, 11) is 0. The molecular weight excluding hydrogens is 285 g/mol. The van der Waals surface area contributed by atoms with Crippen molar-refractivity contribution in [3.05, 3.63) is 34.1 Å². The fourth-order valence-electron chi connectivity index (χ4n) is 1.55. The van der Waals surface area contributed by atoms with Crippen LogP contribution >= 0.6 is 15.9 Å². The topological polar surface area (TPSA) is 32.3 Å². The third-order valence-corrected chi connectivity index (χ3v) is 2.90. The van der Waals surface area contributed by atoms with Gasteiger partial charge in [0.05, 0.1) is 6.10 Å². The van der Waals surface area contributed by atoms with Crippen LogP contribution in [0.25, 0.3) is 0 Å². The van der Waals surface area contributed by atoms with Crippen molar-refractivity contribution in [2.75, 3.05) is 13.1 Å². The number of nitrogens with one attached hydrogen (secondary N) is 1. The highest BCUT2D eigenvalue weighted by atomic mass is 79.9. The number of benzene rings is 1. The van der Waals surface area contributed by atoms with Crippen LogP contribution in [-0.2, 0) is 6.42 Å². The van der Waals surface area contributed by atoms with Crippen LogP contribution in [0.2, 0.25) is 0 Å². The molecule has 17 heavy (non-hydrogen) atoms. The molecule has 0 bridgehead atoms. The highest BCUT2D eigenvalue weighted by Gasteiger charge is 2.09. The molecule has 0 aliphatic rings. The van der Waals surface area contributed by atoms with Crippen molar-refractivity contribution in [3.63, 3.8) is 0 Å². The summed E-state index contributed by atoms with van der Waals surface area (Å²) in [5.74, 6) is 0.272. The first kappa shape index (κ1) is 14.6. The second kappa shape index (κ2) is 7.09. The fraction of sp³-hybridized carbons (Fsp3) is 0.538. The first-order chi connectivity index (χ1) is 7.99. The molecule has 0 saturated heterocycles. The standard InChI is InChI=1S/C13H19BrFNO/c1-9(2)7-16-8-12(17)5-10-3-4-11(14)6-13(10)15/h3-4,6,9,12,16-17H,5,7-8H2,1-2H3. The molecule has 1 unspecified atom stereocenters. The van der Waals surface area contributed by atoms with E-state index in [9.17, 15) is 9.50 Å². The third kappa shape index (κ3) is 5.61. The van der Waals surface area contributed by atoms with E-state index < -0.39 is 6.10 Å². The maximum absolute atomic E-state index is 13.5. The Morgan fingerprint density at radius 2 is 2.06 bits per heavy atom. The van der Waals surface area contributed by atoms with Gasteiger partial charge in [0.1, 0.15) is 5.82 Å². The second-order valence-electron chi connectivity index (χ2n) is 4.65. The fourth-order valence-corrected chi connectivity index (χ4v) is 1.89. The van der Waals surface area contributed by atoms with Crippen molar-refractivity contribution in [1.82, 2.24) is 5.32 Å². The molecule has 0 amide bonds. The average molecular weight is 304 g/mol. The van der Waals surface area contributed by atoms with E-state index in [1.807, 2.05) is 0 Å². The van der Waals surface area contributed by atoms with Gasteiger partial charge in [-0.05, 0) is 30.2 Å². The van der Waals surface area contributed by atoms with Crippen molar-refractivity contribution < 1.29 is 9.50 Å². The smallest absolute Gasteiger partial charge is 0.127 e. The lowest BCUT2D eigenvalue weighted by Crippen LogP contribution is -2.31. The second-order valence-corrected chi connectivity index (χ2v) is 5.56. The van der Waals surface area contributed by atoms with Gasteiger partial charge in [-0.1, -0.05) is 35.8 Å². The molecule has 0 spiro atoms. The van der Waals surface area contributed by atoms with E-state index >= 15 is 0 Å². The van der Waals surface area contributed by atoms with Crippen molar-refractivity contribution in [1.29, 1.82) is 0 Å². The normalized spacial score (nSPS) is 13.1. The molecule has 2 N–H and O–H groups in total. The molecule has 1 aromatic rings. The summed E-state index contributed by atoms with van der Waals surface area (Å²) < 4.78 is 14.2. The van der Waals surface area contributed by atoms with Crippen LogP contribution < -0.4 is 5.32 Å². The van der Waals surface area contributed by atoms with Crippen LogP contribution in [-0.4, -0.2) is 24.3 Å². The Hall–Kier alpha value is -0.450. The van der Waals surface area contributed by atoms with Crippen molar-refractivity contribution in [2.24, 2.45) is 5.92 Å². The van der Waals surface area contributed by atoms with Gasteiger partial charge in [-0.2, -0.15) is 0 Å². The zero-order valence-electron chi connectivity index (χ0n) is 10.2. The van der Waals surface area contributed by atoms with E-state index in [0.717, 1.165) is 6.54 Å². The molecular formula is C13H19BrFNO. The van der Waals surface area contributed by atoms with E-state index in [0.29, 0.717) is 28.9 Å². The maximum atomic E-state index is 13.5. The summed E-state index contributed by atoms with van der Waals surface area (Å²) in [4.78, 5) is 0. The van der Waals surface area contributed by atoms with Gasteiger partial charge in [0, 0.05) is 17.4 Å². The lowest BCUT2D eigenvalue weighted by molar-refractivity contribution is 0.169. The summed E-state index contributed by atoms with van der Waals surface area (Å²) in [6, 6.07) is 4.90. The van der Waals surface area contributed by atoms with Crippen molar-refractivity contribution >= 4 is 15.9 Å². The van der Waals surface area contributed by atoms with Gasteiger partial charge in [0.2, 0.25) is 0 Å². The minimum atomic E-state index is -0.551. The van der Waals surface area contributed by atoms with Gasteiger partial charge in [-0.15, -0.1) is 0 Å². The highest BCUT2D eigenvalue weighted by molar-refractivity contribution is 9.10. The van der Waals surface area contributed by atoms with Gasteiger partial charge in [-0.3, -0.25) is 0 Å². The molecule has 0 fully saturated rings. The number of rotatable bonds is 6. The van der Waals surface area contributed by atoms with Crippen LogP contribution in [0, 0.1) is 11.7 Å². The van der Waals surface area contributed by atoms with E-state index in [1.54, 1.807) is 12.1 Å². The molecule has 0 aliphatic heterocycles. The number of hydrogen-bond acceptors (Lipinski definition) is 2. The van der Waals surface area contributed by atoms with E-state index in [1.165, 1.54) is 6.07 Å². The molecule has 0 saturated carbocycles. The number of aliphatic hydroxyl groups is 1. The highest BCUT2D eigenvalue weighted by Crippen LogP contribution is 2.16. The summed E-state index contributed by atoms with van der Waals surface area (Å²) in [6.45, 7) is 5.56. The van der Waals surface area contributed by atoms with Gasteiger partial charge in [-0.25, -0.2) is 4.39 Å². The third-order valence-electron chi connectivity index (χ3n) is 2.40. The first-order valence-electron chi connectivity index (χ1n) is 5.81. The van der Waals surface area contributed by atoms with E-state index in [4.69, 9.17) is 0 Å². The monoisotopic (exact) mass is 303 g/mol. The van der Waals surface area contributed by atoms with Crippen molar-refractivity contribution in [3.8, 4) is 0 Å². The van der Waals surface area contributed by atoms with E-state index in [-0.39, 0.29) is 5.82 Å². The Balaban J connectivity index is 2.42. The largest absolute Gasteiger partial charge is 0.391 e. The van der Waals surface area contributed by atoms with Crippen LogP contribution in [0.3, 0.4) is 0 Å². The Bertz CT molecular complexity index is 357. The minimum absolute atomic E-state index is 0.276. The lowest BCUT2D eigenvalue weighted by Gasteiger charge is -2.13. The zero-order valence-corrected chi connectivity index (χ0v) is 11.8. The predicted octanol–water partition coefficient (Wildman–Crippen LogP) is 2.74. The van der Waals surface area contributed by atoms with E-state index in [2.05, 4.69) is 35.1 Å². The predicted molar refractivity (Wildman–Crippen MR) is 71.5 cm³/mol. The van der Waals surface area contributed by atoms with Gasteiger partial charge < -0.3 is 10.4 Å². The van der Waals surface area contributed by atoms with Crippen LogP contribution in [0.4, 0.5) is 4.39 Å². The minimum Gasteiger partial charge on any atom is -0.391 e. The lowest BCUT2D eigenvalue weighted by atomic mass is 10.1. The van der Waals surface area contributed by atoms with Gasteiger partial charge in [0.25, 0.3) is 0 Å². The molecule has 96 valence electrons. The number of halogens is 2. The quantitative estimate of drug-likeness (QED) is 0.847. The zero-order chi connectivity index (χ0) is 12.8. The molecule has 0 radical (unpaired) electrons. The number of hydrogen-bond donors (Lipinski definition) is 2. The van der Waals surface area contributed by atoms with Crippen molar-refractivity contribution in [2.45, 2.75) is 26.4 Å². The summed E-state index contributed by atoms with van der Waals surface area (Å²) in [5, 5.41) is 12.9. The summed E-state index contributed by atoms with van der Waals surface area (Å²) >= 11 is 3.21. The molecule has 4 heteroatoms. The number of aliphatic hydroxyl groups excluding tert-OH is 1. The van der Waals surface area contributed by atoms with Crippen LogP contribution in [0.15, 0.2) is 22.7 Å². The molecule has 0 aromatic heterocycles.